The number of hydrogen-bond donors (Lipinski definition) is 1. The van der Waals surface area contributed by atoms with E-state index < -0.39 is 5.82 Å². The quantitative estimate of drug-likeness (QED) is 0.808. The van der Waals surface area contributed by atoms with Crippen molar-refractivity contribution in [3.63, 3.8) is 0 Å². The van der Waals surface area contributed by atoms with Gasteiger partial charge in [0.15, 0.2) is 0 Å². The van der Waals surface area contributed by atoms with Crippen LogP contribution < -0.4 is 5.56 Å². The second-order valence-corrected chi connectivity index (χ2v) is 3.34. The van der Waals surface area contributed by atoms with Crippen LogP contribution in [0.15, 0.2) is 35.4 Å². The van der Waals surface area contributed by atoms with E-state index >= 15 is 0 Å². The van der Waals surface area contributed by atoms with Gasteiger partial charge in [0.2, 0.25) is 0 Å². The van der Waals surface area contributed by atoms with E-state index in [1.165, 1.54) is 24.4 Å². The van der Waals surface area contributed by atoms with Crippen molar-refractivity contribution in [2.45, 2.75) is 0 Å². The van der Waals surface area contributed by atoms with Crippen molar-refractivity contribution in [3.05, 3.63) is 51.8 Å². The molecule has 3 nitrogen and oxygen atoms in total. The normalized spacial score (nSPS) is 10.3. The van der Waals surface area contributed by atoms with Crippen LogP contribution in [0.25, 0.3) is 11.3 Å². The van der Waals surface area contributed by atoms with Crippen molar-refractivity contribution in [1.82, 2.24) is 9.97 Å². The molecule has 0 saturated heterocycles. The molecule has 1 heterocycles. The SMILES string of the molecule is O=c1cncc(-c2ccc(F)cc2Cl)[nH]1. The van der Waals surface area contributed by atoms with Gasteiger partial charge < -0.3 is 4.98 Å². The molecule has 15 heavy (non-hydrogen) atoms. The topological polar surface area (TPSA) is 45.8 Å². The average molecular weight is 225 g/mol. The van der Waals surface area contributed by atoms with Crippen LogP contribution in [0.4, 0.5) is 4.39 Å². The molecule has 5 heteroatoms. The molecular weight excluding hydrogens is 219 g/mol. The third kappa shape index (κ3) is 2.05. The molecule has 1 aromatic heterocycles. The summed E-state index contributed by atoms with van der Waals surface area (Å²) >= 11 is 5.83. The predicted octanol–water partition coefficient (Wildman–Crippen LogP) is 2.23. The van der Waals surface area contributed by atoms with Crippen molar-refractivity contribution >= 4 is 11.6 Å². The number of nitrogens with one attached hydrogen (secondary N) is 1. The van der Waals surface area contributed by atoms with Gasteiger partial charge in [0.1, 0.15) is 5.82 Å². The summed E-state index contributed by atoms with van der Waals surface area (Å²) in [6.07, 6.45) is 2.61. The smallest absolute Gasteiger partial charge is 0.266 e. The highest BCUT2D eigenvalue weighted by Gasteiger charge is 2.05. The fourth-order valence-corrected chi connectivity index (χ4v) is 1.49. The monoisotopic (exact) mass is 224 g/mol. The molecule has 0 amide bonds. The number of halogens is 2. The zero-order valence-electron chi connectivity index (χ0n) is 7.50. The first-order valence-electron chi connectivity index (χ1n) is 4.16. The van der Waals surface area contributed by atoms with Crippen LogP contribution in [0.1, 0.15) is 0 Å². The lowest BCUT2D eigenvalue weighted by atomic mass is 10.1. The van der Waals surface area contributed by atoms with E-state index in [1.807, 2.05) is 0 Å². The van der Waals surface area contributed by atoms with E-state index in [4.69, 9.17) is 11.6 Å². The zero-order valence-corrected chi connectivity index (χ0v) is 8.25. The summed E-state index contributed by atoms with van der Waals surface area (Å²) in [4.78, 5) is 17.3. The molecule has 0 unspecified atom stereocenters. The van der Waals surface area contributed by atoms with Crippen molar-refractivity contribution in [2.24, 2.45) is 0 Å². The fraction of sp³-hybridized carbons (Fsp3) is 0. The molecule has 0 bridgehead atoms. The van der Waals surface area contributed by atoms with Crippen LogP contribution >= 0.6 is 11.6 Å². The average Bonchev–Trinajstić information content (AvgIpc) is 2.17. The van der Waals surface area contributed by atoms with Gasteiger partial charge >= 0.3 is 0 Å². The van der Waals surface area contributed by atoms with Gasteiger partial charge in [-0.05, 0) is 18.2 Å². The fourth-order valence-electron chi connectivity index (χ4n) is 1.22. The summed E-state index contributed by atoms with van der Waals surface area (Å²) in [6, 6.07) is 3.94. The van der Waals surface area contributed by atoms with Gasteiger partial charge in [-0.25, -0.2) is 4.39 Å². The van der Waals surface area contributed by atoms with Crippen molar-refractivity contribution in [1.29, 1.82) is 0 Å². The Labute approximate surface area is 89.6 Å². The first-order chi connectivity index (χ1) is 7.16. The summed E-state index contributed by atoms with van der Waals surface area (Å²) in [6.45, 7) is 0. The Morgan fingerprint density at radius 3 is 2.80 bits per heavy atom. The van der Waals surface area contributed by atoms with E-state index in [0.29, 0.717) is 11.3 Å². The second kappa shape index (κ2) is 3.82. The van der Waals surface area contributed by atoms with Gasteiger partial charge in [-0.1, -0.05) is 11.6 Å². The highest BCUT2D eigenvalue weighted by Crippen LogP contribution is 2.25. The molecule has 0 spiro atoms. The molecule has 0 aliphatic rings. The van der Waals surface area contributed by atoms with Gasteiger partial charge in [-0.2, -0.15) is 0 Å². The Kier molecular flexibility index (Phi) is 2.51. The Morgan fingerprint density at radius 1 is 1.33 bits per heavy atom. The Hall–Kier alpha value is -1.68. The molecule has 2 aromatic rings. The number of rotatable bonds is 1. The first kappa shape index (κ1) is 9.86. The van der Waals surface area contributed by atoms with Crippen molar-refractivity contribution in [3.8, 4) is 11.3 Å². The molecular formula is C10H6ClFN2O. The Balaban J connectivity index is 2.59. The Morgan fingerprint density at radius 2 is 2.13 bits per heavy atom. The number of hydrogen-bond acceptors (Lipinski definition) is 2. The molecule has 76 valence electrons. The summed E-state index contributed by atoms with van der Waals surface area (Å²) in [5, 5.41) is 0.235. The lowest BCUT2D eigenvalue weighted by Gasteiger charge is -2.02. The molecule has 2 rings (SSSR count). The van der Waals surface area contributed by atoms with Gasteiger partial charge in [0.05, 0.1) is 23.1 Å². The van der Waals surface area contributed by atoms with Crippen molar-refractivity contribution in [2.75, 3.05) is 0 Å². The highest BCUT2D eigenvalue weighted by molar-refractivity contribution is 6.33. The molecule has 0 saturated carbocycles. The second-order valence-electron chi connectivity index (χ2n) is 2.93. The number of nitrogens with zero attached hydrogens (tertiary/aromatic N) is 1. The first-order valence-corrected chi connectivity index (χ1v) is 4.54. The number of aromatic amines is 1. The number of aromatic nitrogens is 2. The van der Waals surface area contributed by atoms with Gasteiger partial charge in [-0.3, -0.25) is 9.78 Å². The maximum absolute atomic E-state index is 12.8. The standard InChI is InChI=1S/C10H6ClFN2O/c11-8-3-6(12)1-2-7(8)9-4-13-5-10(15)14-9/h1-5H,(H,14,15). The van der Waals surface area contributed by atoms with E-state index in [-0.39, 0.29) is 10.6 Å². The minimum Gasteiger partial charge on any atom is -0.319 e. The van der Waals surface area contributed by atoms with E-state index in [0.717, 1.165) is 6.20 Å². The van der Waals surface area contributed by atoms with Crippen LogP contribution in [0, 0.1) is 5.82 Å². The van der Waals surface area contributed by atoms with Crippen LogP contribution in [0.3, 0.4) is 0 Å². The van der Waals surface area contributed by atoms with E-state index in [1.54, 1.807) is 0 Å². The summed E-state index contributed by atoms with van der Waals surface area (Å²) in [7, 11) is 0. The number of benzene rings is 1. The molecule has 0 aliphatic carbocycles. The molecule has 0 atom stereocenters. The predicted molar refractivity (Wildman–Crippen MR) is 55.3 cm³/mol. The molecule has 0 aliphatic heterocycles. The van der Waals surface area contributed by atoms with Crippen LogP contribution in [-0.2, 0) is 0 Å². The largest absolute Gasteiger partial charge is 0.319 e. The van der Waals surface area contributed by atoms with Gasteiger partial charge in [-0.15, -0.1) is 0 Å². The summed E-state index contributed by atoms with van der Waals surface area (Å²) in [5.74, 6) is -0.421. The minimum absolute atomic E-state index is 0.235. The zero-order chi connectivity index (χ0) is 10.8. The lowest BCUT2D eigenvalue weighted by Crippen LogP contribution is -2.05. The third-order valence-corrected chi connectivity index (χ3v) is 2.19. The van der Waals surface area contributed by atoms with E-state index in [2.05, 4.69) is 9.97 Å². The van der Waals surface area contributed by atoms with Crippen molar-refractivity contribution < 1.29 is 4.39 Å². The van der Waals surface area contributed by atoms with Crippen LogP contribution in [-0.4, -0.2) is 9.97 Å². The maximum Gasteiger partial charge on any atom is 0.266 e. The molecule has 1 aromatic carbocycles. The van der Waals surface area contributed by atoms with Gasteiger partial charge in [0, 0.05) is 5.56 Å². The highest BCUT2D eigenvalue weighted by atomic mass is 35.5. The third-order valence-electron chi connectivity index (χ3n) is 1.87. The van der Waals surface area contributed by atoms with E-state index in [9.17, 15) is 9.18 Å². The molecule has 0 fully saturated rings. The van der Waals surface area contributed by atoms with Gasteiger partial charge in [0.25, 0.3) is 5.56 Å². The summed E-state index contributed by atoms with van der Waals surface area (Å²) in [5.41, 5.74) is 0.684. The van der Waals surface area contributed by atoms with Crippen LogP contribution in [0.2, 0.25) is 5.02 Å². The molecule has 1 N–H and O–H groups in total. The number of H-pyrrole nitrogens is 1. The minimum atomic E-state index is -0.421. The van der Waals surface area contributed by atoms with Crippen LogP contribution in [0.5, 0.6) is 0 Å². The molecule has 0 radical (unpaired) electrons. The Bertz CT molecular complexity index is 553. The lowest BCUT2D eigenvalue weighted by molar-refractivity contribution is 0.628. The summed E-state index contributed by atoms with van der Waals surface area (Å²) < 4.78 is 12.8. The maximum atomic E-state index is 12.8.